The van der Waals surface area contributed by atoms with Crippen LogP contribution in [0.1, 0.15) is 12.5 Å². The monoisotopic (exact) mass is 305 g/mol. The van der Waals surface area contributed by atoms with Crippen LogP contribution in [0.3, 0.4) is 0 Å². The zero-order valence-electron chi connectivity index (χ0n) is 11.6. The maximum atomic E-state index is 12.2. The molecule has 0 amide bonds. The van der Waals surface area contributed by atoms with Gasteiger partial charge in [0.2, 0.25) is 0 Å². The SMILES string of the molecule is CCOc1ccc(S(=O)(=O)[NH+]=C(N)c2ccccc2)cc1. The van der Waals surface area contributed by atoms with E-state index < -0.39 is 10.0 Å². The van der Waals surface area contributed by atoms with Crippen LogP contribution in [0.15, 0.2) is 59.5 Å². The number of nitrogens with one attached hydrogen (secondary N) is 1. The van der Waals surface area contributed by atoms with E-state index in [0.717, 1.165) is 0 Å². The average molecular weight is 305 g/mol. The molecule has 0 saturated carbocycles. The Kier molecular flexibility index (Phi) is 4.59. The van der Waals surface area contributed by atoms with Crippen LogP contribution >= 0.6 is 0 Å². The van der Waals surface area contributed by atoms with Gasteiger partial charge in [-0.05, 0) is 43.3 Å². The highest BCUT2D eigenvalue weighted by Gasteiger charge is 2.17. The van der Waals surface area contributed by atoms with Gasteiger partial charge in [0.25, 0.3) is 5.84 Å². The van der Waals surface area contributed by atoms with Gasteiger partial charge >= 0.3 is 10.0 Å². The maximum Gasteiger partial charge on any atom is 0.328 e. The molecule has 0 bridgehead atoms. The van der Waals surface area contributed by atoms with Gasteiger partial charge in [0.05, 0.1) is 12.2 Å². The lowest BCUT2D eigenvalue weighted by Gasteiger charge is -2.03. The highest BCUT2D eigenvalue weighted by atomic mass is 32.2. The minimum absolute atomic E-state index is 0.0875. The van der Waals surface area contributed by atoms with E-state index in [9.17, 15) is 8.42 Å². The Morgan fingerprint density at radius 2 is 1.71 bits per heavy atom. The smallest absolute Gasteiger partial charge is 0.328 e. The first-order valence-electron chi connectivity index (χ1n) is 6.46. The van der Waals surface area contributed by atoms with Gasteiger partial charge in [-0.1, -0.05) is 18.2 Å². The van der Waals surface area contributed by atoms with Crippen molar-refractivity contribution in [2.75, 3.05) is 6.61 Å². The number of rotatable bonds is 5. The fraction of sp³-hybridized carbons (Fsp3) is 0.133. The van der Waals surface area contributed by atoms with Crippen molar-refractivity contribution in [2.24, 2.45) is 5.73 Å². The summed E-state index contributed by atoms with van der Waals surface area (Å²) in [6, 6.07) is 15.0. The fourth-order valence-electron chi connectivity index (χ4n) is 1.76. The molecule has 0 heterocycles. The van der Waals surface area contributed by atoms with Crippen molar-refractivity contribution in [3.63, 3.8) is 0 Å². The number of ether oxygens (including phenoxy) is 1. The Hall–Kier alpha value is -2.34. The van der Waals surface area contributed by atoms with Crippen LogP contribution in [0.2, 0.25) is 0 Å². The Labute approximate surface area is 124 Å². The maximum absolute atomic E-state index is 12.2. The molecule has 2 aromatic carbocycles. The van der Waals surface area contributed by atoms with Gasteiger partial charge in [0.15, 0.2) is 0 Å². The lowest BCUT2D eigenvalue weighted by atomic mass is 10.2. The van der Waals surface area contributed by atoms with Gasteiger partial charge in [0, 0.05) is 0 Å². The number of amidine groups is 1. The summed E-state index contributed by atoms with van der Waals surface area (Å²) < 4.78 is 32.1. The van der Waals surface area contributed by atoms with Crippen molar-refractivity contribution < 1.29 is 17.6 Å². The number of hydrogen-bond acceptors (Lipinski definition) is 3. The fourth-order valence-corrected chi connectivity index (χ4v) is 2.78. The molecule has 0 unspecified atom stereocenters. The van der Waals surface area contributed by atoms with E-state index >= 15 is 0 Å². The zero-order chi connectivity index (χ0) is 15.3. The molecule has 0 saturated heterocycles. The second kappa shape index (κ2) is 6.41. The quantitative estimate of drug-likeness (QED) is 0.613. The van der Waals surface area contributed by atoms with Gasteiger partial charge in [-0.3, -0.25) is 5.73 Å². The Morgan fingerprint density at radius 1 is 1.10 bits per heavy atom. The number of hydrogen-bond donors (Lipinski definition) is 2. The lowest BCUT2D eigenvalue weighted by molar-refractivity contribution is -0.268. The van der Waals surface area contributed by atoms with Crippen molar-refractivity contribution in [3.8, 4) is 5.75 Å². The summed E-state index contributed by atoms with van der Waals surface area (Å²) in [5, 5.41) is 0. The Morgan fingerprint density at radius 3 is 2.29 bits per heavy atom. The van der Waals surface area contributed by atoms with E-state index in [1.165, 1.54) is 12.1 Å². The van der Waals surface area contributed by atoms with Gasteiger partial charge < -0.3 is 4.74 Å². The van der Waals surface area contributed by atoms with Crippen LogP contribution in [0.25, 0.3) is 0 Å². The standard InChI is InChI=1S/C15H16N2O3S/c1-2-20-13-8-10-14(11-9-13)21(18,19)17-15(16)12-6-4-3-5-7-12/h3-11H,2H2,1H3,(H2,16,17)/p+1. The van der Waals surface area contributed by atoms with Crippen molar-refractivity contribution in [1.82, 2.24) is 0 Å². The first-order valence-corrected chi connectivity index (χ1v) is 7.95. The molecule has 0 aliphatic rings. The molecule has 2 aromatic rings. The van der Waals surface area contributed by atoms with Crippen molar-refractivity contribution >= 4 is 15.9 Å². The van der Waals surface area contributed by atoms with Gasteiger partial charge in [-0.15, -0.1) is 0 Å². The van der Waals surface area contributed by atoms with E-state index in [2.05, 4.69) is 4.40 Å². The molecule has 5 nitrogen and oxygen atoms in total. The molecule has 0 radical (unpaired) electrons. The van der Waals surface area contributed by atoms with E-state index in [0.29, 0.717) is 17.9 Å². The molecule has 0 spiro atoms. The molecule has 110 valence electrons. The number of benzene rings is 2. The van der Waals surface area contributed by atoms with Crippen LogP contribution in [0.4, 0.5) is 0 Å². The molecule has 2 rings (SSSR count). The lowest BCUT2D eigenvalue weighted by Crippen LogP contribution is -2.78. The minimum atomic E-state index is -3.71. The molecule has 3 N–H and O–H groups in total. The highest BCUT2D eigenvalue weighted by Crippen LogP contribution is 2.14. The predicted molar refractivity (Wildman–Crippen MR) is 80.5 cm³/mol. The predicted octanol–water partition coefficient (Wildman–Crippen LogP) is 0.260. The van der Waals surface area contributed by atoms with Crippen molar-refractivity contribution in [3.05, 3.63) is 60.2 Å². The first-order chi connectivity index (χ1) is 10.0. The van der Waals surface area contributed by atoms with Gasteiger partial charge in [0.1, 0.15) is 10.6 Å². The second-order valence-corrected chi connectivity index (χ2v) is 5.97. The molecule has 21 heavy (non-hydrogen) atoms. The number of nitrogen functional groups attached to an aromatic ring is 1. The summed E-state index contributed by atoms with van der Waals surface area (Å²) in [5.41, 5.74) is 6.42. The summed E-state index contributed by atoms with van der Waals surface area (Å²) in [7, 11) is -3.71. The molecular weight excluding hydrogens is 288 g/mol. The molecular formula is C15H17N2O3S+. The van der Waals surface area contributed by atoms with Gasteiger partial charge in [-0.25, -0.2) is 0 Å². The molecule has 0 aliphatic heterocycles. The topological polar surface area (TPSA) is 83.4 Å². The molecule has 0 aliphatic carbocycles. The van der Waals surface area contributed by atoms with Crippen molar-refractivity contribution in [1.29, 1.82) is 0 Å². The molecule has 0 aromatic heterocycles. The van der Waals surface area contributed by atoms with Crippen LogP contribution in [0, 0.1) is 0 Å². The summed E-state index contributed by atoms with van der Waals surface area (Å²) in [6.07, 6.45) is 0. The molecule has 0 fully saturated rings. The number of sulfonamides is 1. The third-order valence-corrected chi connectivity index (χ3v) is 4.16. The minimum Gasteiger partial charge on any atom is -0.494 e. The van der Waals surface area contributed by atoms with Crippen LogP contribution < -0.4 is 14.9 Å². The summed E-state index contributed by atoms with van der Waals surface area (Å²) in [5.74, 6) is 0.709. The zero-order valence-corrected chi connectivity index (χ0v) is 12.4. The van der Waals surface area contributed by atoms with Crippen LogP contribution in [-0.4, -0.2) is 20.9 Å². The molecule has 0 atom stereocenters. The van der Waals surface area contributed by atoms with Crippen molar-refractivity contribution in [2.45, 2.75) is 11.8 Å². The third-order valence-electron chi connectivity index (χ3n) is 2.77. The Balaban J connectivity index is 2.29. The van der Waals surface area contributed by atoms with E-state index in [4.69, 9.17) is 10.5 Å². The van der Waals surface area contributed by atoms with E-state index in [1.807, 2.05) is 13.0 Å². The molecule has 6 heteroatoms. The first kappa shape index (κ1) is 15.1. The van der Waals surface area contributed by atoms with Crippen LogP contribution in [0.5, 0.6) is 5.75 Å². The average Bonchev–Trinajstić information content (AvgIpc) is 2.48. The summed E-state index contributed by atoms with van der Waals surface area (Å²) >= 11 is 0. The third kappa shape index (κ3) is 3.82. The largest absolute Gasteiger partial charge is 0.494 e. The van der Waals surface area contributed by atoms with Gasteiger partial charge in [-0.2, -0.15) is 12.8 Å². The van der Waals surface area contributed by atoms with Crippen LogP contribution in [-0.2, 0) is 10.0 Å². The summed E-state index contributed by atoms with van der Waals surface area (Å²) in [4.78, 5) is 0.129. The number of nitrogens with two attached hydrogens (primary N) is 1. The normalized spacial score (nSPS) is 12.1. The van der Waals surface area contributed by atoms with E-state index in [1.54, 1.807) is 36.4 Å². The Bertz CT molecular complexity index is 723. The summed E-state index contributed by atoms with van der Waals surface area (Å²) in [6.45, 7) is 2.39. The van der Waals surface area contributed by atoms with E-state index in [-0.39, 0.29) is 10.7 Å². The second-order valence-electron chi connectivity index (χ2n) is 4.29. The highest BCUT2D eigenvalue weighted by molar-refractivity contribution is 7.84.